The number of carbonyl (C=O) groups excluding carboxylic acids is 1. The summed E-state index contributed by atoms with van der Waals surface area (Å²) in [5.41, 5.74) is 1.85. The van der Waals surface area contributed by atoms with E-state index >= 15 is 0 Å². The summed E-state index contributed by atoms with van der Waals surface area (Å²) >= 11 is 1.48. The van der Waals surface area contributed by atoms with Crippen molar-refractivity contribution in [3.63, 3.8) is 0 Å². The first kappa shape index (κ1) is 13.9. The lowest BCUT2D eigenvalue weighted by molar-refractivity contribution is -0.117. The Hall–Kier alpha value is -1.75. The Balaban J connectivity index is 1.37. The van der Waals surface area contributed by atoms with Gasteiger partial charge in [0.05, 0.1) is 5.69 Å². The monoisotopic (exact) mass is 313 g/mol. The molecule has 2 aliphatic carbocycles. The third-order valence-corrected chi connectivity index (χ3v) is 5.80. The molecular formula is C17H19N3OS. The van der Waals surface area contributed by atoms with Crippen LogP contribution in [0.2, 0.25) is 0 Å². The summed E-state index contributed by atoms with van der Waals surface area (Å²) in [6.45, 7) is 0. The highest BCUT2D eigenvalue weighted by molar-refractivity contribution is 7.14. The lowest BCUT2D eigenvalue weighted by Crippen LogP contribution is -2.20. The van der Waals surface area contributed by atoms with Gasteiger partial charge in [0.25, 0.3) is 0 Å². The highest BCUT2D eigenvalue weighted by Gasteiger charge is 2.40. The Morgan fingerprint density at radius 3 is 3.05 bits per heavy atom. The van der Waals surface area contributed by atoms with E-state index in [9.17, 15) is 4.79 Å². The molecule has 5 heteroatoms. The van der Waals surface area contributed by atoms with Gasteiger partial charge in [-0.25, -0.2) is 4.98 Å². The number of rotatable bonds is 4. The molecule has 2 aliphatic rings. The van der Waals surface area contributed by atoms with Crippen molar-refractivity contribution in [3.8, 4) is 11.3 Å². The predicted molar refractivity (Wildman–Crippen MR) is 87.5 cm³/mol. The van der Waals surface area contributed by atoms with Crippen molar-refractivity contribution in [3.05, 3.63) is 29.9 Å². The molecule has 2 aromatic heterocycles. The van der Waals surface area contributed by atoms with Crippen LogP contribution in [-0.2, 0) is 4.79 Å². The number of amides is 1. The van der Waals surface area contributed by atoms with Crippen LogP contribution in [0.15, 0.2) is 29.9 Å². The molecule has 3 atom stereocenters. The van der Waals surface area contributed by atoms with Gasteiger partial charge in [-0.1, -0.05) is 6.42 Å². The zero-order valence-electron chi connectivity index (χ0n) is 12.4. The van der Waals surface area contributed by atoms with Gasteiger partial charge in [0, 0.05) is 29.8 Å². The number of aromatic nitrogens is 2. The molecule has 1 N–H and O–H groups in total. The highest BCUT2D eigenvalue weighted by Crippen LogP contribution is 2.49. The van der Waals surface area contributed by atoms with Crippen molar-refractivity contribution in [2.75, 3.05) is 5.32 Å². The van der Waals surface area contributed by atoms with E-state index in [0.29, 0.717) is 17.5 Å². The van der Waals surface area contributed by atoms with Gasteiger partial charge < -0.3 is 5.32 Å². The van der Waals surface area contributed by atoms with Crippen molar-refractivity contribution in [1.82, 2.24) is 9.97 Å². The van der Waals surface area contributed by atoms with Gasteiger partial charge in [0.1, 0.15) is 0 Å². The quantitative estimate of drug-likeness (QED) is 0.929. The number of carbonyl (C=O) groups is 1. The molecule has 4 nitrogen and oxygen atoms in total. The van der Waals surface area contributed by atoms with Crippen LogP contribution < -0.4 is 5.32 Å². The number of hydrogen-bond acceptors (Lipinski definition) is 4. The van der Waals surface area contributed by atoms with E-state index in [0.717, 1.165) is 23.1 Å². The normalized spacial score (nSPS) is 26.3. The zero-order valence-corrected chi connectivity index (χ0v) is 13.2. The Morgan fingerprint density at radius 2 is 2.32 bits per heavy atom. The Labute approximate surface area is 134 Å². The van der Waals surface area contributed by atoms with E-state index in [1.807, 2.05) is 17.5 Å². The predicted octanol–water partition coefficient (Wildman–Crippen LogP) is 3.97. The average molecular weight is 313 g/mol. The minimum absolute atomic E-state index is 0.115. The minimum Gasteiger partial charge on any atom is -0.302 e. The number of pyridine rings is 1. The van der Waals surface area contributed by atoms with Crippen molar-refractivity contribution in [1.29, 1.82) is 0 Å². The Kier molecular flexibility index (Phi) is 3.66. The number of nitrogens with one attached hydrogen (secondary N) is 1. The molecule has 22 heavy (non-hydrogen) atoms. The average Bonchev–Trinajstić information content (AvgIpc) is 3.24. The summed E-state index contributed by atoms with van der Waals surface area (Å²) in [7, 11) is 0. The van der Waals surface area contributed by atoms with E-state index in [-0.39, 0.29) is 5.91 Å². The van der Waals surface area contributed by atoms with Crippen molar-refractivity contribution in [2.24, 2.45) is 17.8 Å². The molecule has 2 bridgehead atoms. The van der Waals surface area contributed by atoms with Crippen LogP contribution in [-0.4, -0.2) is 15.9 Å². The first-order valence-corrected chi connectivity index (χ1v) is 8.81. The van der Waals surface area contributed by atoms with Gasteiger partial charge in [0.15, 0.2) is 5.13 Å². The molecule has 3 unspecified atom stereocenters. The van der Waals surface area contributed by atoms with Crippen molar-refractivity contribution in [2.45, 2.75) is 32.1 Å². The number of hydrogen-bond donors (Lipinski definition) is 1. The molecule has 0 radical (unpaired) electrons. The Bertz CT molecular complexity index is 670. The smallest absolute Gasteiger partial charge is 0.226 e. The standard InChI is InChI=1S/C17H19N3OS/c21-16(8-14-7-11-3-4-12(14)6-11)20-17-19-15(10-22-17)13-2-1-5-18-9-13/h1-2,5,9-12,14H,3-4,6-8H2,(H,19,20,21). The van der Waals surface area contributed by atoms with Crippen molar-refractivity contribution >= 4 is 22.4 Å². The number of nitrogens with zero attached hydrogens (tertiary/aromatic N) is 2. The molecule has 0 saturated heterocycles. The van der Waals surface area contributed by atoms with Crippen molar-refractivity contribution < 1.29 is 4.79 Å². The second-order valence-corrected chi connectivity index (χ2v) is 7.32. The maximum Gasteiger partial charge on any atom is 0.226 e. The zero-order chi connectivity index (χ0) is 14.9. The van der Waals surface area contributed by atoms with Gasteiger partial charge in [-0.3, -0.25) is 9.78 Å². The summed E-state index contributed by atoms with van der Waals surface area (Å²) in [5.74, 6) is 2.39. The summed E-state index contributed by atoms with van der Waals surface area (Å²) < 4.78 is 0. The number of fused-ring (bicyclic) bond motifs is 2. The number of thiazole rings is 1. The molecule has 0 spiro atoms. The third-order valence-electron chi connectivity index (χ3n) is 5.04. The van der Waals surface area contributed by atoms with Crippen LogP contribution >= 0.6 is 11.3 Å². The Morgan fingerprint density at radius 1 is 1.36 bits per heavy atom. The fourth-order valence-electron chi connectivity index (χ4n) is 4.01. The second kappa shape index (κ2) is 5.80. The molecule has 2 aromatic rings. The van der Waals surface area contributed by atoms with E-state index < -0.39 is 0 Å². The van der Waals surface area contributed by atoms with Gasteiger partial charge in [0.2, 0.25) is 5.91 Å². The molecule has 0 aliphatic heterocycles. The van der Waals surface area contributed by atoms with Crippen LogP contribution in [0.4, 0.5) is 5.13 Å². The summed E-state index contributed by atoms with van der Waals surface area (Å²) in [6.07, 6.45) is 9.48. The van der Waals surface area contributed by atoms with Crippen LogP contribution in [0.25, 0.3) is 11.3 Å². The SMILES string of the molecule is O=C(CC1CC2CCC1C2)Nc1nc(-c2cccnc2)cs1. The van der Waals surface area contributed by atoms with Crippen LogP contribution in [0.3, 0.4) is 0 Å². The van der Waals surface area contributed by atoms with Crippen LogP contribution in [0.5, 0.6) is 0 Å². The number of anilines is 1. The largest absolute Gasteiger partial charge is 0.302 e. The van der Waals surface area contributed by atoms with Gasteiger partial charge in [-0.2, -0.15) is 0 Å². The molecule has 0 aromatic carbocycles. The molecule has 2 saturated carbocycles. The summed E-state index contributed by atoms with van der Waals surface area (Å²) in [6, 6.07) is 3.87. The summed E-state index contributed by atoms with van der Waals surface area (Å²) in [5, 5.41) is 5.62. The molecule has 2 fully saturated rings. The van der Waals surface area contributed by atoms with Gasteiger partial charge in [-0.15, -0.1) is 11.3 Å². The fraction of sp³-hybridized carbons (Fsp3) is 0.471. The molecule has 114 valence electrons. The maximum absolute atomic E-state index is 12.2. The van der Waals surface area contributed by atoms with E-state index in [1.54, 1.807) is 12.4 Å². The van der Waals surface area contributed by atoms with E-state index in [2.05, 4.69) is 15.3 Å². The maximum atomic E-state index is 12.2. The second-order valence-electron chi connectivity index (χ2n) is 6.47. The minimum atomic E-state index is 0.115. The third kappa shape index (κ3) is 2.77. The van der Waals surface area contributed by atoms with Gasteiger partial charge >= 0.3 is 0 Å². The van der Waals surface area contributed by atoms with E-state index in [4.69, 9.17) is 0 Å². The van der Waals surface area contributed by atoms with E-state index in [1.165, 1.54) is 37.0 Å². The first-order valence-electron chi connectivity index (χ1n) is 7.93. The highest BCUT2D eigenvalue weighted by atomic mass is 32.1. The molecule has 1 amide bonds. The van der Waals surface area contributed by atoms with Crippen LogP contribution in [0.1, 0.15) is 32.1 Å². The molecular weight excluding hydrogens is 294 g/mol. The fourth-order valence-corrected chi connectivity index (χ4v) is 4.75. The topological polar surface area (TPSA) is 54.9 Å². The lowest BCUT2D eigenvalue weighted by atomic mass is 9.86. The van der Waals surface area contributed by atoms with Crippen LogP contribution in [0, 0.1) is 17.8 Å². The molecule has 2 heterocycles. The summed E-state index contributed by atoms with van der Waals surface area (Å²) in [4.78, 5) is 20.8. The van der Waals surface area contributed by atoms with Gasteiger partial charge in [-0.05, 0) is 49.1 Å². The lowest BCUT2D eigenvalue weighted by Gasteiger charge is -2.20. The first-order chi connectivity index (χ1) is 10.8. The molecule has 4 rings (SSSR count).